The number of rotatable bonds is 4. The van der Waals surface area contributed by atoms with Crippen LogP contribution in [0.4, 0.5) is 0 Å². The monoisotopic (exact) mass is 435 g/mol. The Morgan fingerprint density at radius 1 is 1.27 bits per heavy atom. The minimum absolute atomic E-state index is 0.119. The Bertz CT molecular complexity index is 1030. The third-order valence-electron chi connectivity index (χ3n) is 4.34. The number of aliphatic imine (C=N–C) groups is 1. The van der Waals surface area contributed by atoms with Crippen LogP contribution in [0.2, 0.25) is 0 Å². The molecule has 0 radical (unpaired) electrons. The SMILES string of the molecule is C/C=C1\C=C/CN=C/C=C\1CNSc1ccc(C#CC2=C(Cl)C=CNC(=O)C2)cc1. The van der Waals surface area contributed by atoms with E-state index in [1.807, 2.05) is 43.5 Å². The van der Waals surface area contributed by atoms with Crippen LogP contribution in [0.1, 0.15) is 18.9 Å². The first-order chi connectivity index (χ1) is 14.7. The number of hydrogen-bond acceptors (Lipinski definition) is 4. The highest BCUT2D eigenvalue weighted by atomic mass is 35.5. The molecular formula is C24H22ClN3OS. The van der Waals surface area contributed by atoms with Gasteiger partial charge in [-0.05, 0) is 66.4 Å². The summed E-state index contributed by atoms with van der Waals surface area (Å²) in [7, 11) is 0. The molecule has 1 aromatic carbocycles. The summed E-state index contributed by atoms with van der Waals surface area (Å²) in [6.45, 7) is 3.48. The van der Waals surface area contributed by atoms with Crippen LogP contribution in [-0.4, -0.2) is 25.2 Å². The van der Waals surface area contributed by atoms with Crippen LogP contribution in [0.25, 0.3) is 0 Å². The lowest BCUT2D eigenvalue weighted by atomic mass is 10.0. The van der Waals surface area contributed by atoms with Crippen molar-refractivity contribution in [2.75, 3.05) is 13.1 Å². The maximum Gasteiger partial charge on any atom is 0.229 e. The molecule has 4 nitrogen and oxygen atoms in total. The normalized spacial score (nSPS) is 20.4. The highest BCUT2D eigenvalue weighted by Gasteiger charge is 2.09. The van der Waals surface area contributed by atoms with E-state index in [2.05, 4.69) is 45.1 Å². The van der Waals surface area contributed by atoms with Gasteiger partial charge in [0, 0.05) is 35.0 Å². The van der Waals surface area contributed by atoms with Crippen LogP contribution in [0.5, 0.6) is 0 Å². The number of halogens is 1. The van der Waals surface area contributed by atoms with Gasteiger partial charge in [0.1, 0.15) is 0 Å². The van der Waals surface area contributed by atoms with E-state index in [-0.39, 0.29) is 12.3 Å². The van der Waals surface area contributed by atoms with E-state index < -0.39 is 0 Å². The predicted octanol–water partition coefficient (Wildman–Crippen LogP) is 4.67. The van der Waals surface area contributed by atoms with Crippen LogP contribution in [-0.2, 0) is 4.79 Å². The van der Waals surface area contributed by atoms with Gasteiger partial charge in [-0.1, -0.05) is 41.7 Å². The molecule has 1 amide bonds. The molecule has 2 N–H and O–H groups in total. The van der Waals surface area contributed by atoms with Crippen LogP contribution < -0.4 is 10.0 Å². The average Bonchev–Trinajstić information content (AvgIpc) is 2.89. The van der Waals surface area contributed by atoms with Gasteiger partial charge in [0.05, 0.1) is 18.0 Å². The predicted molar refractivity (Wildman–Crippen MR) is 126 cm³/mol. The maximum absolute atomic E-state index is 11.6. The molecule has 0 saturated heterocycles. The summed E-state index contributed by atoms with van der Waals surface area (Å²) >= 11 is 7.74. The zero-order valence-corrected chi connectivity index (χ0v) is 18.2. The third kappa shape index (κ3) is 6.64. The zero-order valence-electron chi connectivity index (χ0n) is 16.6. The average molecular weight is 436 g/mol. The molecule has 0 fully saturated rings. The molecule has 1 aromatic rings. The second-order valence-electron chi connectivity index (χ2n) is 6.45. The largest absolute Gasteiger partial charge is 0.332 e. The van der Waals surface area contributed by atoms with E-state index in [4.69, 9.17) is 11.6 Å². The molecule has 2 heterocycles. The van der Waals surface area contributed by atoms with Gasteiger partial charge in [-0.15, -0.1) is 0 Å². The number of carbonyl (C=O) groups is 1. The van der Waals surface area contributed by atoms with Gasteiger partial charge < -0.3 is 5.32 Å². The van der Waals surface area contributed by atoms with Gasteiger partial charge in [0.2, 0.25) is 5.91 Å². The standard InChI is InChI=1S/C24H22ClN3OS/c1-2-19-4-3-13-26-14-11-21(19)17-28-30-22-9-6-18(7-10-22)5-8-20-16-24(29)27-15-12-23(20)25/h2-4,6-7,9-12,14-15,28H,13,16-17H2,1H3,(H,27,29)/b4-3-,19-2+,21-11-,26-14?. The molecule has 0 spiro atoms. The van der Waals surface area contributed by atoms with E-state index in [0.717, 1.165) is 17.0 Å². The lowest BCUT2D eigenvalue weighted by Gasteiger charge is -2.10. The molecule has 0 saturated carbocycles. The van der Waals surface area contributed by atoms with Crippen molar-refractivity contribution < 1.29 is 4.79 Å². The van der Waals surface area contributed by atoms with Crippen molar-refractivity contribution in [1.82, 2.24) is 10.0 Å². The quantitative estimate of drug-likeness (QED) is 0.533. The lowest BCUT2D eigenvalue weighted by Crippen LogP contribution is -2.15. The molecule has 0 bridgehead atoms. The maximum atomic E-state index is 11.6. The second kappa shape index (κ2) is 11.4. The van der Waals surface area contributed by atoms with Gasteiger partial charge in [-0.3, -0.25) is 14.5 Å². The highest BCUT2D eigenvalue weighted by Crippen LogP contribution is 2.19. The van der Waals surface area contributed by atoms with Crippen molar-refractivity contribution in [2.24, 2.45) is 4.99 Å². The Balaban J connectivity index is 1.58. The summed E-state index contributed by atoms with van der Waals surface area (Å²) in [5.74, 6) is 5.98. The number of nitrogens with zero attached hydrogens (tertiary/aromatic N) is 1. The minimum Gasteiger partial charge on any atom is -0.332 e. The van der Waals surface area contributed by atoms with Crippen molar-refractivity contribution in [3.63, 3.8) is 0 Å². The number of allylic oxidation sites excluding steroid dienone is 5. The smallest absolute Gasteiger partial charge is 0.229 e. The number of benzene rings is 1. The molecule has 2 aliphatic rings. The molecule has 6 heteroatoms. The Morgan fingerprint density at radius 2 is 2.10 bits per heavy atom. The minimum atomic E-state index is -0.119. The van der Waals surface area contributed by atoms with E-state index in [9.17, 15) is 4.79 Å². The Labute approximate surface area is 186 Å². The molecule has 2 aliphatic heterocycles. The van der Waals surface area contributed by atoms with Crippen molar-refractivity contribution in [3.05, 3.63) is 88.2 Å². The number of hydrogen-bond donors (Lipinski definition) is 2. The first kappa shape index (κ1) is 21.9. The lowest BCUT2D eigenvalue weighted by molar-refractivity contribution is -0.119. The van der Waals surface area contributed by atoms with E-state index in [1.54, 1.807) is 18.0 Å². The summed E-state index contributed by atoms with van der Waals surface area (Å²) in [5.41, 5.74) is 3.88. The fraction of sp³-hybridized carbons (Fsp3) is 0.167. The summed E-state index contributed by atoms with van der Waals surface area (Å²) in [4.78, 5) is 17.0. The third-order valence-corrected chi connectivity index (χ3v) is 5.49. The van der Waals surface area contributed by atoms with Crippen molar-refractivity contribution >= 4 is 35.7 Å². The number of amides is 1. The fourth-order valence-corrected chi connectivity index (χ4v) is 3.59. The molecule has 0 aromatic heterocycles. The van der Waals surface area contributed by atoms with Gasteiger partial charge in [0.15, 0.2) is 0 Å². The van der Waals surface area contributed by atoms with Crippen LogP contribution in [0.15, 0.2) is 92.5 Å². The summed E-state index contributed by atoms with van der Waals surface area (Å²) in [6, 6.07) is 7.95. The van der Waals surface area contributed by atoms with Crippen molar-refractivity contribution in [1.29, 1.82) is 0 Å². The molecule has 30 heavy (non-hydrogen) atoms. The van der Waals surface area contributed by atoms with Crippen LogP contribution in [0.3, 0.4) is 0 Å². The van der Waals surface area contributed by atoms with Gasteiger partial charge in [-0.2, -0.15) is 0 Å². The molecule has 152 valence electrons. The summed E-state index contributed by atoms with van der Waals surface area (Å²) in [5, 5.41) is 3.11. The Hall–Kier alpha value is -2.78. The van der Waals surface area contributed by atoms with Crippen LogP contribution >= 0.6 is 23.5 Å². The van der Waals surface area contributed by atoms with Gasteiger partial charge in [-0.25, -0.2) is 0 Å². The summed E-state index contributed by atoms with van der Waals surface area (Å²) in [6.07, 6.45) is 13.6. The summed E-state index contributed by atoms with van der Waals surface area (Å²) < 4.78 is 3.40. The highest BCUT2D eigenvalue weighted by molar-refractivity contribution is 7.97. The molecular weight excluding hydrogens is 414 g/mol. The van der Waals surface area contributed by atoms with Crippen LogP contribution in [0, 0.1) is 11.8 Å². The fourth-order valence-electron chi connectivity index (χ4n) is 2.75. The first-order valence-electron chi connectivity index (χ1n) is 9.54. The van der Waals surface area contributed by atoms with Crippen molar-refractivity contribution in [3.8, 4) is 11.8 Å². The van der Waals surface area contributed by atoms with Crippen molar-refractivity contribution in [2.45, 2.75) is 18.2 Å². The topological polar surface area (TPSA) is 53.5 Å². The number of carbonyl (C=O) groups excluding carboxylic acids is 1. The van der Waals surface area contributed by atoms with E-state index >= 15 is 0 Å². The molecule has 0 aliphatic carbocycles. The first-order valence-corrected chi connectivity index (χ1v) is 10.7. The van der Waals surface area contributed by atoms with E-state index in [1.165, 1.54) is 17.3 Å². The molecule has 0 unspecified atom stereocenters. The molecule has 0 atom stereocenters. The van der Waals surface area contributed by atoms with Gasteiger partial charge in [0.25, 0.3) is 0 Å². The zero-order chi connectivity index (χ0) is 21.2. The van der Waals surface area contributed by atoms with Gasteiger partial charge >= 0.3 is 0 Å². The Kier molecular flexibility index (Phi) is 8.34. The second-order valence-corrected chi connectivity index (χ2v) is 7.83. The number of nitrogens with one attached hydrogen (secondary N) is 2. The van der Waals surface area contributed by atoms with E-state index in [0.29, 0.717) is 17.2 Å². The molecule has 3 rings (SSSR count). The Morgan fingerprint density at radius 3 is 2.90 bits per heavy atom.